The molecule has 1 N–H and O–H groups in total. The van der Waals surface area contributed by atoms with Crippen molar-refractivity contribution in [1.29, 1.82) is 0 Å². The van der Waals surface area contributed by atoms with Crippen molar-refractivity contribution in [3.05, 3.63) is 64.7 Å². The van der Waals surface area contributed by atoms with Crippen LogP contribution in [0.1, 0.15) is 18.1 Å². The van der Waals surface area contributed by atoms with Crippen molar-refractivity contribution in [1.82, 2.24) is 5.32 Å². The van der Waals surface area contributed by atoms with Gasteiger partial charge in [0.25, 0.3) is 5.91 Å². The highest BCUT2D eigenvalue weighted by molar-refractivity contribution is 6.31. The van der Waals surface area contributed by atoms with Crippen LogP contribution in [0.3, 0.4) is 0 Å². The molecule has 25 heavy (non-hydrogen) atoms. The van der Waals surface area contributed by atoms with E-state index in [1.54, 1.807) is 18.2 Å². The van der Waals surface area contributed by atoms with Gasteiger partial charge in [-0.15, -0.1) is 0 Å². The smallest absolute Gasteiger partial charge is 0.344 e. The fourth-order valence-electron chi connectivity index (χ4n) is 2.04. The second kappa shape index (κ2) is 9.69. The zero-order chi connectivity index (χ0) is 18.1. The van der Waals surface area contributed by atoms with Gasteiger partial charge in [0.2, 0.25) is 0 Å². The molecule has 0 saturated carbocycles. The number of ether oxygens (including phenoxy) is 2. The van der Waals surface area contributed by atoms with E-state index >= 15 is 0 Å². The van der Waals surface area contributed by atoms with E-state index in [0.29, 0.717) is 10.8 Å². The molecule has 132 valence electrons. The normalized spacial score (nSPS) is 10.2. The molecule has 0 aliphatic rings. The van der Waals surface area contributed by atoms with Crippen LogP contribution in [0.2, 0.25) is 5.02 Å². The molecule has 0 aromatic heterocycles. The zero-order valence-electron chi connectivity index (χ0n) is 14.0. The highest BCUT2D eigenvalue weighted by Gasteiger charge is 2.09. The number of nitrogens with one attached hydrogen (secondary N) is 1. The van der Waals surface area contributed by atoms with Gasteiger partial charge in [-0.1, -0.05) is 48.9 Å². The Hall–Kier alpha value is -2.53. The quantitative estimate of drug-likeness (QED) is 0.733. The number of benzene rings is 2. The predicted molar refractivity (Wildman–Crippen MR) is 95.6 cm³/mol. The molecule has 0 heterocycles. The standard InChI is InChI=1S/C19H20ClNO4/c1-2-14-7-9-16(10-8-14)24-13-19(23)25-12-18(22)21-11-15-5-3-4-6-17(15)20/h3-10H,2,11-13H2,1H3,(H,21,22). The number of aryl methyl sites for hydroxylation is 1. The van der Waals surface area contributed by atoms with Gasteiger partial charge < -0.3 is 14.8 Å². The summed E-state index contributed by atoms with van der Waals surface area (Å²) in [6.45, 7) is 1.73. The van der Waals surface area contributed by atoms with Gasteiger partial charge in [0.05, 0.1) is 0 Å². The Morgan fingerprint density at radius 3 is 2.44 bits per heavy atom. The summed E-state index contributed by atoms with van der Waals surface area (Å²) >= 11 is 6.00. The van der Waals surface area contributed by atoms with Crippen molar-refractivity contribution in [2.45, 2.75) is 19.9 Å². The maximum absolute atomic E-state index is 11.7. The van der Waals surface area contributed by atoms with Crippen LogP contribution < -0.4 is 10.1 Å². The van der Waals surface area contributed by atoms with Crippen LogP contribution >= 0.6 is 11.6 Å². The van der Waals surface area contributed by atoms with E-state index in [2.05, 4.69) is 12.2 Å². The van der Waals surface area contributed by atoms with Crippen LogP contribution in [0.25, 0.3) is 0 Å². The van der Waals surface area contributed by atoms with E-state index in [1.165, 1.54) is 5.56 Å². The van der Waals surface area contributed by atoms with Gasteiger partial charge in [-0.3, -0.25) is 4.79 Å². The number of carbonyl (C=O) groups excluding carboxylic acids is 2. The second-order valence-corrected chi connectivity index (χ2v) is 5.72. The molecule has 0 bridgehead atoms. The third kappa shape index (κ3) is 6.47. The minimum atomic E-state index is -0.604. The van der Waals surface area contributed by atoms with Gasteiger partial charge >= 0.3 is 5.97 Å². The molecule has 2 rings (SSSR count). The summed E-state index contributed by atoms with van der Waals surface area (Å²) in [5.41, 5.74) is 1.98. The number of amides is 1. The maximum atomic E-state index is 11.7. The Morgan fingerprint density at radius 2 is 1.76 bits per heavy atom. The predicted octanol–water partition coefficient (Wildman–Crippen LogP) is 3.14. The number of carbonyl (C=O) groups is 2. The fourth-order valence-corrected chi connectivity index (χ4v) is 2.24. The van der Waals surface area contributed by atoms with Gasteiger partial charge in [-0.05, 0) is 35.7 Å². The van der Waals surface area contributed by atoms with E-state index in [-0.39, 0.29) is 19.8 Å². The molecule has 0 radical (unpaired) electrons. The van der Waals surface area contributed by atoms with Crippen LogP contribution in [0.4, 0.5) is 0 Å². The van der Waals surface area contributed by atoms with Crippen molar-refractivity contribution < 1.29 is 19.1 Å². The van der Waals surface area contributed by atoms with E-state index in [9.17, 15) is 9.59 Å². The van der Waals surface area contributed by atoms with Crippen LogP contribution in [-0.2, 0) is 27.3 Å². The summed E-state index contributed by atoms with van der Waals surface area (Å²) in [6.07, 6.45) is 0.936. The average molecular weight is 362 g/mol. The molecule has 0 aliphatic carbocycles. The van der Waals surface area contributed by atoms with Crippen molar-refractivity contribution in [2.75, 3.05) is 13.2 Å². The first-order valence-corrected chi connectivity index (χ1v) is 8.33. The molecule has 0 saturated heterocycles. The van der Waals surface area contributed by atoms with Gasteiger partial charge in [0, 0.05) is 11.6 Å². The number of hydrogen-bond acceptors (Lipinski definition) is 4. The lowest BCUT2D eigenvalue weighted by Gasteiger charge is -2.09. The molecular formula is C19H20ClNO4. The van der Waals surface area contributed by atoms with E-state index in [4.69, 9.17) is 21.1 Å². The molecule has 0 fully saturated rings. The number of rotatable bonds is 8. The van der Waals surface area contributed by atoms with Crippen LogP contribution in [0, 0.1) is 0 Å². The minimum Gasteiger partial charge on any atom is -0.482 e. The lowest BCUT2D eigenvalue weighted by atomic mass is 10.2. The Bertz CT molecular complexity index is 716. The first kappa shape index (κ1) is 18.8. The third-order valence-electron chi connectivity index (χ3n) is 3.49. The summed E-state index contributed by atoms with van der Waals surface area (Å²) < 4.78 is 10.2. The highest BCUT2D eigenvalue weighted by atomic mass is 35.5. The molecule has 2 aromatic rings. The van der Waals surface area contributed by atoms with Gasteiger partial charge in [-0.25, -0.2) is 4.79 Å². The maximum Gasteiger partial charge on any atom is 0.344 e. The van der Waals surface area contributed by atoms with Crippen molar-refractivity contribution in [2.24, 2.45) is 0 Å². The van der Waals surface area contributed by atoms with Gasteiger partial charge in [0.1, 0.15) is 5.75 Å². The van der Waals surface area contributed by atoms with Gasteiger partial charge in [-0.2, -0.15) is 0 Å². The highest BCUT2D eigenvalue weighted by Crippen LogP contribution is 2.14. The second-order valence-electron chi connectivity index (χ2n) is 5.32. The molecule has 0 unspecified atom stereocenters. The average Bonchev–Trinajstić information content (AvgIpc) is 2.64. The number of hydrogen-bond donors (Lipinski definition) is 1. The van der Waals surface area contributed by atoms with Crippen LogP contribution in [0.15, 0.2) is 48.5 Å². The largest absolute Gasteiger partial charge is 0.482 e. The minimum absolute atomic E-state index is 0.247. The van der Waals surface area contributed by atoms with Crippen LogP contribution in [0.5, 0.6) is 5.75 Å². The first-order chi connectivity index (χ1) is 12.1. The SMILES string of the molecule is CCc1ccc(OCC(=O)OCC(=O)NCc2ccccc2Cl)cc1. The lowest BCUT2D eigenvalue weighted by Crippen LogP contribution is -2.29. The molecule has 0 spiro atoms. The van der Waals surface area contributed by atoms with E-state index in [1.807, 2.05) is 30.3 Å². The summed E-state index contributed by atoms with van der Waals surface area (Å²) in [5, 5.41) is 3.21. The molecule has 0 atom stereocenters. The molecule has 0 aliphatic heterocycles. The molecule has 2 aromatic carbocycles. The van der Waals surface area contributed by atoms with E-state index in [0.717, 1.165) is 12.0 Å². The summed E-state index contributed by atoms with van der Waals surface area (Å²) in [6, 6.07) is 14.7. The molecular weight excluding hydrogens is 342 g/mol. The number of esters is 1. The molecule has 6 heteroatoms. The Morgan fingerprint density at radius 1 is 1.04 bits per heavy atom. The zero-order valence-corrected chi connectivity index (χ0v) is 14.7. The Balaban J connectivity index is 1.66. The fraction of sp³-hybridized carbons (Fsp3) is 0.263. The lowest BCUT2D eigenvalue weighted by molar-refractivity contribution is -0.150. The third-order valence-corrected chi connectivity index (χ3v) is 3.86. The Kier molecular flexibility index (Phi) is 7.29. The monoisotopic (exact) mass is 361 g/mol. The van der Waals surface area contributed by atoms with Crippen LogP contribution in [-0.4, -0.2) is 25.1 Å². The van der Waals surface area contributed by atoms with E-state index < -0.39 is 11.9 Å². The Labute approximate surface area is 151 Å². The molecule has 1 amide bonds. The number of halogens is 1. The summed E-state index contributed by atoms with van der Waals surface area (Å²) in [4.78, 5) is 23.3. The summed E-state index contributed by atoms with van der Waals surface area (Å²) in [5.74, 6) is -0.426. The van der Waals surface area contributed by atoms with Crippen molar-refractivity contribution in [3.63, 3.8) is 0 Å². The first-order valence-electron chi connectivity index (χ1n) is 7.96. The van der Waals surface area contributed by atoms with Gasteiger partial charge in [0.15, 0.2) is 13.2 Å². The molecule has 5 nitrogen and oxygen atoms in total. The summed E-state index contributed by atoms with van der Waals surface area (Å²) in [7, 11) is 0. The van der Waals surface area contributed by atoms with Crippen molar-refractivity contribution in [3.8, 4) is 5.75 Å². The topological polar surface area (TPSA) is 64.6 Å². The van der Waals surface area contributed by atoms with Crippen molar-refractivity contribution >= 4 is 23.5 Å².